The molecule has 7 rings (SSSR count). The molecule has 1 N–H and O–H groups in total. The molecule has 3 saturated carbocycles. The van der Waals surface area contributed by atoms with E-state index in [9.17, 15) is 14.7 Å². The van der Waals surface area contributed by atoms with E-state index in [1.54, 1.807) is 0 Å². The predicted molar refractivity (Wildman–Crippen MR) is 245 cm³/mol. The Labute approximate surface area is 369 Å². The smallest absolute Gasteiger partial charge is 0.309 e. The number of ether oxygens (including phenoxy) is 1. The Morgan fingerprint density at radius 1 is 0.917 bits per heavy atom. The number of nitrogens with zero attached hydrogens (tertiary/aromatic N) is 2. The van der Waals surface area contributed by atoms with Gasteiger partial charge in [-0.05, 0) is 179 Å². The van der Waals surface area contributed by atoms with Gasteiger partial charge in [0.25, 0.3) is 0 Å². The van der Waals surface area contributed by atoms with E-state index in [0.717, 1.165) is 75.2 Å². The second-order valence-electron chi connectivity index (χ2n) is 23.3. The van der Waals surface area contributed by atoms with E-state index in [2.05, 4.69) is 96.6 Å². The largest absolute Gasteiger partial charge is 0.460 e. The van der Waals surface area contributed by atoms with E-state index in [0.29, 0.717) is 30.7 Å². The molecule has 1 aromatic rings. The van der Waals surface area contributed by atoms with Crippen LogP contribution >= 0.6 is 11.6 Å². The second kappa shape index (κ2) is 16.4. The number of halogens is 1. The van der Waals surface area contributed by atoms with E-state index in [-0.39, 0.29) is 45.2 Å². The first-order valence-corrected chi connectivity index (χ1v) is 24.0. The fourth-order valence-electron chi connectivity index (χ4n) is 14.8. The maximum absolute atomic E-state index is 14.4. The van der Waals surface area contributed by atoms with Gasteiger partial charge in [0.1, 0.15) is 5.60 Å². The van der Waals surface area contributed by atoms with Gasteiger partial charge in [-0.2, -0.15) is 0 Å². The number of rotatable bonds is 11. The molecule has 0 heterocycles. The van der Waals surface area contributed by atoms with E-state index in [1.807, 2.05) is 32.9 Å². The Bertz CT molecular complexity index is 1900. The fourth-order valence-corrected chi connectivity index (χ4v) is 14.9. The predicted octanol–water partition coefficient (Wildman–Crippen LogP) is 11.6. The number of ketones is 1. The van der Waals surface area contributed by atoms with Crippen LogP contribution in [0.3, 0.4) is 0 Å². The molecule has 60 heavy (non-hydrogen) atoms. The monoisotopic (exact) mass is 843 g/mol. The number of aliphatic hydroxyl groups is 1. The van der Waals surface area contributed by atoms with Crippen molar-refractivity contribution >= 4 is 23.4 Å². The highest BCUT2D eigenvalue weighted by atomic mass is 35.5. The van der Waals surface area contributed by atoms with Crippen LogP contribution in [0.4, 0.5) is 0 Å². The minimum absolute atomic E-state index is 0.0395. The maximum atomic E-state index is 14.4. The topological polar surface area (TPSA) is 70.1 Å². The number of hydrogen-bond acceptors (Lipinski definition) is 6. The SMILES string of the molecule is CC(C)C1=C2[C@H]3CC[C@@H]4[C@@]5(C)CC=C(C6=CCC(C(=O)OC(C)(C)C)CC6)C(C)(C)[C@@H]5CC[C@@]4(C)[C@]3(C)CC[C@@]2([C@@H](O)CN(CCN(C)C)Cc2ccc(Cl)cc2)CC1=O. The molecule has 0 aromatic heterocycles. The number of fused-ring (bicyclic) bond motifs is 7. The van der Waals surface area contributed by atoms with Crippen molar-refractivity contribution < 1.29 is 19.4 Å². The van der Waals surface area contributed by atoms with Gasteiger partial charge < -0.3 is 14.7 Å². The van der Waals surface area contributed by atoms with Crippen molar-refractivity contribution in [1.82, 2.24) is 9.80 Å². The van der Waals surface area contributed by atoms with Crippen molar-refractivity contribution in [1.29, 1.82) is 0 Å². The summed E-state index contributed by atoms with van der Waals surface area (Å²) >= 11 is 6.27. The van der Waals surface area contributed by atoms with E-state index < -0.39 is 17.1 Å². The molecule has 332 valence electrons. The molecule has 0 spiro atoms. The molecule has 7 heteroatoms. The number of aliphatic hydroxyl groups excluding tert-OH is 1. The molecule has 6 nitrogen and oxygen atoms in total. The van der Waals surface area contributed by atoms with Gasteiger partial charge in [0.05, 0.1) is 12.0 Å². The Morgan fingerprint density at radius 2 is 1.62 bits per heavy atom. The average molecular weight is 844 g/mol. The van der Waals surface area contributed by atoms with Crippen molar-refractivity contribution in [2.45, 2.75) is 158 Å². The second-order valence-corrected chi connectivity index (χ2v) is 23.7. The first kappa shape index (κ1) is 45.8. The van der Waals surface area contributed by atoms with Gasteiger partial charge in [-0.25, -0.2) is 0 Å². The van der Waals surface area contributed by atoms with Crippen LogP contribution in [0.1, 0.15) is 145 Å². The highest BCUT2D eigenvalue weighted by Crippen LogP contribution is 2.77. The molecule has 1 aromatic carbocycles. The summed E-state index contributed by atoms with van der Waals surface area (Å²) in [6, 6.07) is 8.10. The standard InChI is InChI=1S/C53H79ClN2O4/c1-34(2)45-41(57)31-53(44(58)33-56(30-29-55(11)12)32-35-13-19-38(54)20-14-35)28-27-51(9)40(46(45)53)21-22-43-50(8)25-23-39(49(6,7)42(50)24-26-52(43,51)10)36-15-17-37(18-16-36)47(59)60-48(3,4)5/h13-15,19-20,23,34,37,40,42-44,58H,16-18,21-22,24-33H2,1-12H3/t37?,40-,42+,43-,44+,50+,51-,52-,53+/m1/s1. The number of Topliss-reactive ketones (excluding diaryl/α,β-unsaturated/α-hetero) is 1. The molecular formula is C53H79ClN2O4. The normalized spacial score (nSPS) is 35.7. The summed E-state index contributed by atoms with van der Waals surface area (Å²) in [6.07, 6.45) is 15.1. The lowest BCUT2D eigenvalue weighted by Gasteiger charge is -2.71. The van der Waals surface area contributed by atoms with Crippen LogP contribution in [0.25, 0.3) is 0 Å². The quantitative estimate of drug-likeness (QED) is 0.224. The summed E-state index contributed by atoms with van der Waals surface area (Å²) in [7, 11) is 4.21. The van der Waals surface area contributed by atoms with Crippen molar-refractivity contribution in [3.05, 3.63) is 69.3 Å². The lowest BCUT2D eigenvalue weighted by atomic mass is 9.33. The molecule has 0 amide bonds. The molecule has 6 aliphatic rings. The minimum atomic E-state index is -0.623. The Balaban J connectivity index is 1.17. The number of esters is 1. The summed E-state index contributed by atoms with van der Waals surface area (Å²) in [5, 5.41) is 13.5. The number of likely N-dealkylation sites (N-methyl/N-ethyl adjacent to an activating group) is 1. The zero-order valence-corrected chi connectivity index (χ0v) is 40.2. The van der Waals surface area contributed by atoms with Crippen LogP contribution in [0.15, 0.2) is 58.7 Å². The molecule has 9 atom stereocenters. The van der Waals surface area contributed by atoms with Gasteiger partial charge in [0.15, 0.2) is 5.78 Å². The van der Waals surface area contributed by atoms with Gasteiger partial charge in [-0.3, -0.25) is 14.5 Å². The number of carbonyl (C=O) groups excluding carboxylic acids is 2. The number of allylic oxidation sites excluding steroid dienone is 5. The summed E-state index contributed by atoms with van der Waals surface area (Å²) in [6.45, 7) is 26.3. The third-order valence-electron chi connectivity index (χ3n) is 17.8. The molecule has 0 radical (unpaired) electrons. The first-order valence-electron chi connectivity index (χ1n) is 23.7. The van der Waals surface area contributed by atoms with Gasteiger partial charge in [-0.1, -0.05) is 89.9 Å². The fraction of sp³-hybridized carbons (Fsp3) is 0.736. The summed E-state index contributed by atoms with van der Waals surface area (Å²) in [5.41, 5.74) is 5.98. The molecule has 6 aliphatic carbocycles. The van der Waals surface area contributed by atoms with Gasteiger partial charge in [0.2, 0.25) is 0 Å². The lowest BCUT2D eigenvalue weighted by Crippen LogP contribution is -2.65. The van der Waals surface area contributed by atoms with Crippen molar-refractivity contribution in [3.63, 3.8) is 0 Å². The van der Waals surface area contributed by atoms with Crippen LogP contribution in [-0.4, -0.2) is 72.1 Å². The summed E-state index contributed by atoms with van der Waals surface area (Å²) in [4.78, 5) is 32.0. The third-order valence-corrected chi connectivity index (χ3v) is 18.1. The first-order chi connectivity index (χ1) is 28.0. The number of hydrogen-bond donors (Lipinski definition) is 1. The van der Waals surface area contributed by atoms with Crippen LogP contribution in [-0.2, 0) is 20.9 Å². The summed E-state index contributed by atoms with van der Waals surface area (Å²) in [5.74, 6) is 1.77. The third kappa shape index (κ3) is 7.87. The average Bonchev–Trinajstić information content (AvgIpc) is 3.47. The molecule has 0 aliphatic heterocycles. The summed E-state index contributed by atoms with van der Waals surface area (Å²) < 4.78 is 5.78. The number of carbonyl (C=O) groups is 2. The van der Waals surface area contributed by atoms with E-state index in [1.165, 1.54) is 41.5 Å². The molecule has 0 saturated heterocycles. The van der Waals surface area contributed by atoms with Crippen molar-refractivity contribution in [2.75, 3.05) is 33.7 Å². The van der Waals surface area contributed by atoms with Gasteiger partial charge in [-0.15, -0.1) is 0 Å². The molecule has 1 unspecified atom stereocenters. The minimum Gasteiger partial charge on any atom is -0.460 e. The van der Waals surface area contributed by atoms with Gasteiger partial charge in [0, 0.05) is 43.0 Å². The molecule has 0 bridgehead atoms. The van der Waals surface area contributed by atoms with Crippen LogP contribution in [0, 0.1) is 56.7 Å². The zero-order chi connectivity index (χ0) is 43.8. The number of benzene rings is 1. The van der Waals surface area contributed by atoms with Crippen LogP contribution in [0.5, 0.6) is 0 Å². The Kier molecular flexibility index (Phi) is 12.5. The van der Waals surface area contributed by atoms with E-state index in [4.69, 9.17) is 16.3 Å². The lowest BCUT2D eigenvalue weighted by molar-refractivity contribution is -0.202. The van der Waals surface area contributed by atoms with Gasteiger partial charge >= 0.3 is 5.97 Å². The van der Waals surface area contributed by atoms with Crippen LogP contribution in [0.2, 0.25) is 5.02 Å². The Hall–Kier alpha value is -2.25. The van der Waals surface area contributed by atoms with Crippen molar-refractivity contribution in [3.8, 4) is 0 Å². The molecular weight excluding hydrogens is 764 g/mol. The maximum Gasteiger partial charge on any atom is 0.309 e. The highest BCUT2D eigenvalue weighted by molar-refractivity contribution is 6.30. The van der Waals surface area contributed by atoms with E-state index >= 15 is 0 Å². The Morgan fingerprint density at radius 3 is 2.23 bits per heavy atom. The van der Waals surface area contributed by atoms with Crippen molar-refractivity contribution in [2.24, 2.45) is 56.7 Å². The molecule has 3 fully saturated rings. The zero-order valence-electron chi connectivity index (χ0n) is 39.5. The highest BCUT2D eigenvalue weighted by Gasteiger charge is 2.70. The van der Waals surface area contributed by atoms with Crippen LogP contribution < -0.4 is 0 Å².